The van der Waals surface area contributed by atoms with Gasteiger partial charge in [-0.2, -0.15) is 0 Å². The fraction of sp³-hybridized carbons (Fsp3) is 0.750. The van der Waals surface area contributed by atoms with Gasteiger partial charge in [0.05, 0.1) is 37.4 Å². The predicted molar refractivity (Wildman–Crippen MR) is 199 cm³/mol. The van der Waals surface area contributed by atoms with Gasteiger partial charge in [-0.3, -0.25) is 9.59 Å². The van der Waals surface area contributed by atoms with Crippen molar-refractivity contribution in [3.8, 4) is 0 Å². The van der Waals surface area contributed by atoms with E-state index in [9.17, 15) is 44.7 Å². The van der Waals surface area contributed by atoms with Gasteiger partial charge in [0.15, 0.2) is 18.7 Å². The van der Waals surface area contributed by atoms with Crippen LogP contribution in [0.3, 0.4) is 0 Å². The molecule has 322 valence electrons. The fourth-order valence-corrected chi connectivity index (χ4v) is 7.64. The van der Waals surface area contributed by atoms with Crippen molar-refractivity contribution >= 4 is 23.8 Å². The maximum atomic E-state index is 13.0. The number of ether oxygens (including phenoxy) is 7. The van der Waals surface area contributed by atoms with E-state index in [1.807, 2.05) is 6.92 Å². The molecule has 1 amide bonds. The Bertz CT molecular complexity index is 1410. The van der Waals surface area contributed by atoms with Crippen molar-refractivity contribution in [3.63, 3.8) is 0 Å². The number of carbonyl (C=O) groups excluding carboxylic acids is 3. The average molecular weight is 812 g/mol. The quantitative estimate of drug-likeness (QED) is 0.103. The third-order valence-electron chi connectivity index (χ3n) is 10.9. The maximum Gasteiger partial charge on any atom is 0.338 e. The molecular formula is C40H61NO16. The van der Waals surface area contributed by atoms with Crippen LogP contribution in [0.5, 0.6) is 0 Å². The van der Waals surface area contributed by atoms with Crippen LogP contribution in [0, 0.1) is 11.8 Å². The summed E-state index contributed by atoms with van der Waals surface area (Å²) < 4.78 is 41.2. The van der Waals surface area contributed by atoms with E-state index in [1.54, 1.807) is 30.3 Å². The number of methoxy groups -OCH3 is 1. The highest BCUT2D eigenvalue weighted by atomic mass is 16.7. The lowest BCUT2D eigenvalue weighted by Gasteiger charge is -2.46. The highest BCUT2D eigenvalue weighted by molar-refractivity contribution is 5.89. The number of nitrogens with one attached hydrogen (secondary N) is 1. The Balaban J connectivity index is 1.68. The molecule has 3 fully saturated rings. The van der Waals surface area contributed by atoms with Crippen molar-refractivity contribution in [2.24, 2.45) is 11.8 Å². The molecular weight excluding hydrogens is 750 g/mol. The monoisotopic (exact) mass is 811 g/mol. The van der Waals surface area contributed by atoms with Crippen molar-refractivity contribution in [3.05, 3.63) is 35.9 Å². The van der Waals surface area contributed by atoms with Gasteiger partial charge >= 0.3 is 17.9 Å². The van der Waals surface area contributed by atoms with Gasteiger partial charge in [0, 0.05) is 6.92 Å². The number of amides is 1. The predicted octanol–water partition coefficient (Wildman–Crippen LogP) is 1.84. The van der Waals surface area contributed by atoms with Crippen LogP contribution in [0.15, 0.2) is 30.3 Å². The zero-order valence-electron chi connectivity index (χ0n) is 33.2. The van der Waals surface area contributed by atoms with Gasteiger partial charge in [-0.25, -0.2) is 9.59 Å². The van der Waals surface area contributed by atoms with Crippen molar-refractivity contribution in [2.45, 2.75) is 159 Å². The van der Waals surface area contributed by atoms with E-state index in [-0.39, 0.29) is 30.9 Å². The summed E-state index contributed by atoms with van der Waals surface area (Å²) in [5.74, 6) is -3.76. The molecule has 57 heavy (non-hydrogen) atoms. The molecule has 2 heterocycles. The third kappa shape index (κ3) is 13.4. The number of carboxylic acid groups (broad SMARTS) is 1. The number of unbranched alkanes of at least 4 members (excludes halogenated alkanes) is 1. The fourth-order valence-electron chi connectivity index (χ4n) is 7.64. The zero-order valence-corrected chi connectivity index (χ0v) is 33.2. The molecule has 0 bridgehead atoms. The van der Waals surface area contributed by atoms with Crippen LogP contribution in [-0.2, 0) is 47.5 Å². The van der Waals surface area contributed by atoms with E-state index < -0.39 is 110 Å². The molecule has 2 aliphatic heterocycles. The van der Waals surface area contributed by atoms with Gasteiger partial charge in [-0.15, -0.1) is 0 Å². The Morgan fingerprint density at radius 2 is 1.61 bits per heavy atom. The van der Waals surface area contributed by atoms with Gasteiger partial charge in [0.25, 0.3) is 0 Å². The second kappa shape index (κ2) is 22.8. The molecule has 4 rings (SSSR count). The molecule has 0 spiro atoms. The number of carboxylic acids is 1. The lowest BCUT2D eigenvalue weighted by Crippen LogP contribution is -2.67. The van der Waals surface area contributed by atoms with E-state index in [2.05, 4.69) is 5.32 Å². The SMILES string of the molecule is CCCCC(C[C@H](COC1O[C@@H](C)C(O)[C@H](O)[C@@H]1O)O[C@@H]1O[C@@H](COC(=O)c2ccccc2)[C@H](O)C(O[C@@H](CC2CCCCC2)C(=O)O)C1NC(C)=O)C(=O)OC. The summed E-state index contributed by atoms with van der Waals surface area (Å²) in [7, 11) is 1.25. The summed E-state index contributed by atoms with van der Waals surface area (Å²) in [5, 5.41) is 56.1. The molecule has 3 aliphatic rings. The van der Waals surface area contributed by atoms with Crippen LogP contribution in [0.2, 0.25) is 0 Å². The molecule has 1 aromatic rings. The largest absolute Gasteiger partial charge is 0.479 e. The average Bonchev–Trinajstić information content (AvgIpc) is 3.20. The van der Waals surface area contributed by atoms with Crippen LogP contribution in [-0.4, -0.2) is 143 Å². The second-order valence-electron chi connectivity index (χ2n) is 15.3. The van der Waals surface area contributed by atoms with E-state index in [4.69, 9.17) is 33.2 Å². The number of esters is 2. The molecule has 17 nitrogen and oxygen atoms in total. The lowest BCUT2D eigenvalue weighted by atomic mass is 9.85. The second-order valence-corrected chi connectivity index (χ2v) is 15.3. The van der Waals surface area contributed by atoms with Crippen LogP contribution in [0.4, 0.5) is 0 Å². The van der Waals surface area contributed by atoms with Crippen LogP contribution in [0.25, 0.3) is 0 Å². The molecule has 1 aliphatic carbocycles. The Hall–Kier alpha value is -3.26. The van der Waals surface area contributed by atoms with Gasteiger partial charge in [-0.1, -0.05) is 70.1 Å². The molecule has 1 aromatic carbocycles. The molecule has 17 heteroatoms. The minimum absolute atomic E-state index is 0.0377. The number of rotatable bonds is 20. The number of aliphatic hydroxyl groups excluding tert-OH is 4. The smallest absolute Gasteiger partial charge is 0.338 e. The molecule has 1 saturated carbocycles. The Morgan fingerprint density at radius 1 is 0.912 bits per heavy atom. The molecule has 0 radical (unpaired) electrons. The first-order valence-corrected chi connectivity index (χ1v) is 20.0. The van der Waals surface area contributed by atoms with Gasteiger partial charge < -0.3 is 64.0 Å². The van der Waals surface area contributed by atoms with Gasteiger partial charge in [0.2, 0.25) is 5.91 Å². The molecule has 0 aromatic heterocycles. The zero-order chi connectivity index (χ0) is 41.6. The number of aliphatic carboxylic acids is 1. The molecule has 5 unspecified atom stereocenters. The van der Waals surface area contributed by atoms with E-state index in [0.29, 0.717) is 12.8 Å². The Morgan fingerprint density at radius 3 is 2.25 bits per heavy atom. The minimum Gasteiger partial charge on any atom is -0.479 e. The first kappa shape index (κ1) is 46.4. The van der Waals surface area contributed by atoms with Crippen LogP contribution < -0.4 is 5.32 Å². The van der Waals surface area contributed by atoms with E-state index in [0.717, 1.165) is 38.5 Å². The van der Waals surface area contributed by atoms with Crippen molar-refractivity contribution in [1.29, 1.82) is 0 Å². The minimum atomic E-state index is -1.65. The van der Waals surface area contributed by atoms with E-state index in [1.165, 1.54) is 21.0 Å². The number of carbonyl (C=O) groups is 4. The van der Waals surface area contributed by atoms with E-state index >= 15 is 0 Å². The summed E-state index contributed by atoms with van der Waals surface area (Å²) in [5.41, 5.74) is 0.232. The highest BCUT2D eigenvalue weighted by Gasteiger charge is 2.50. The molecule has 13 atom stereocenters. The summed E-state index contributed by atoms with van der Waals surface area (Å²) >= 11 is 0. The first-order chi connectivity index (χ1) is 27.2. The highest BCUT2D eigenvalue weighted by Crippen LogP contribution is 2.33. The van der Waals surface area contributed by atoms with Crippen molar-refractivity contribution < 1.29 is 77.9 Å². The normalized spacial score (nSPS) is 31.1. The number of aliphatic hydroxyl groups is 4. The third-order valence-corrected chi connectivity index (χ3v) is 10.9. The first-order valence-electron chi connectivity index (χ1n) is 20.0. The lowest BCUT2D eigenvalue weighted by molar-refractivity contribution is -0.316. The Labute approximate surface area is 333 Å². The van der Waals surface area contributed by atoms with Crippen molar-refractivity contribution in [2.75, 3.05) is 20.3 Å². The maximum absolute atomic E-state index is 13.0. The van der Waals surface area contributed by atoms with Crippen molar-refractivity contribution in [1.82, 2.24) is 5.32 Å². The summed E-state index contributed by atoms with van der Waals surface area (Å²) in [6, 6.07) is 6.78. The van der Waals surface area contributed by atoms with Gasteiger partial charge in [0.1, 0.15) is 49.3 Å². The molecule has 6 N–H and O–H groups in total. The number of hydrogen-bond acceptors (Lipinski definition) is 15. The summed E-state index contributed by atoms with van der Waals surface area (Å²) in [4.78, 5) is 51.4. The summed E-state index contributed by atoms with van der Waals surface area (Å²) in [6.45, 7) is 3.75. The molecule has 2 saturated heterocycles. The Kier molecular flexibility index (Phi) is 18.5. The topological polar surface area (TPSA) is 246 Å². The van der Waals surface area contributed by atoms with Gasteiger partial charge in [-0.05, 0) is 44.2 Å². The van der Waals surface area contributed by atoms with Crippen LogP contribution >= 0.6 is 0 Å². The van der Waals surface area contributed by atoms with Crippen LogP contribution in [0.1, 0.15) is 95.3 Å². The summed E-state index contributed by atoms with van der Waals surface area (Å²) in [6.07, 6.45) is -8.91. The number of benzene rings is 1. The standard InChI is InChI=1S/C40H61NO16/c1-5-6-15-26(37(49)51-4)19-27(20-53-40-34(46)33(45)31(43)22(2)54-40)55-39-30(41-23(3)42)35(56-28(36(47)48)18-24-13-9-7-10-14-24)32(44)29(57-39)21-52-38(50)25-16-11-8-12-17-25/h8,11-12,16-17,22,24,26-35,39-40,43-46H,5-7,9-10,13-15,18-21H2,1-4H3,(H,41,42)(H,47,48)/t22-,26?,27+,28-,29-,30?,31?,32-,33-,34-,35?,39+,40?/m0/s1. The number of hydrogen-bond donors (Lipinski definition) is 6.